The molecule has 0 spiro atoms. The van der Waals surface area contributed by atoms with Crippen LogP contribution in [-0.2, 0) is 6.42 Å². The van der Waals surface area contributed by atoms with Gasteiger partial charge in [0.15, 0.2) is 5.78 Å². The van der Waals surface area contributed by atoms with Crippen molar-refractivity contribution in [3.05, 3.63) is 82.4 Å². The molecule has 5 heteroatoms. The Kier molecular flexibility index (Phi) is 9.81. The molecule has 0 amide bonds. The van der Waals surface area contributed by atoms with Crippen molar-refractivity contribution >= 4 is 46.0 Å². The summed E-state index contributed by atoms with van der Waals surface area (Å²) in [5, 5.41) is 7.16. The van der Waals surface area contributed by atoms with Crippen molar-refractivity contribution in [1.82, 2.24) is 0 Å². The number of nitrogens with one attached hydrogen (secondary N) is 2. The number of hydrogen-bond acceptors (Lipinski definition) is 5. The average Bonchev–Trinajstić information content (AvgIpc) is 2.92. The predicted octanol–water partition coefficient (Wildman–Crippen LogP) is 8.92. The number of rotatable bonds is 13. The summed E-state index contributed by atoms with van der Waals surface area (Å²) in [5.41, 5.74) is 6.33. The van der Waals surface area contributed by atoms with E-state index >= 15 is 0 Å². The Balaban J connectivity index is 1.88. The van der Waals surface area contributed by atoms with Crippen molar-refractivity contribution < 1.29 is 4.79 Å². The van der Waals surface area contributed by atoms with Gasteiger partial charge in [-0.3, -0.25) is 4.79 Å². The smallest absolute Gasteiger partial charge is 0.196 e. The molecule has 0 saturated carbocycles. The molecule has 0 heterocycles. The molecule has 1 aliphatic carbocycles. The molecule has 3 nitrogen and oxygen atoms in total. The molecule has 0 aliphatic heterocycles. The molecule has 0 unspecified atom stereocenters. The van der Waals surface area contributed by atoms with E-state index in [-0.39, 0.29) is 5.78 Å². The molecule has 3 aromatic rings. The van der Waals surface area contributed by atoms with Gasteiger partial charge in [0.25, 0.3) is 0 Å². The highest BCUT2D eigenvalue weighted by Gasteiger charge is 2.35. The van der Waals surface area contributed by atoms with Gasteiger partial charge in [-0.05, 0) is 61.6 Å². The third kappa shape index (κ3) is 6.10. The van der Waals surface area contributed by atoms with Gasteiger partial charge >= 0.3 is 0 Å². The first-order valence-corrected chi connectivity index (χ1v) is 15.0. The predicted molar refractivity (Wildman–Crippen MR) is 163 cm³/mol. The summed E-state index contributed by atoms with van der Waals surface area (Å²) in [6.45, 7) is 8.26. The van der Waals surface area contributed by atoms with Crippen LogP contribution in [0.5, 0.6) is 0 Å². The number of benzene rings is 3. The van der Waals surface area contributed by atoms with Gasteiger partial charge in [0.1, 0.15) is 0 Å². The minimum atomic E-state index is 0.0957. The minimum absolute atomic E-state index is 0.0957. The molecule has 0 fully saturated rings. The van der Waals surface area contributed by atoms with Gasteiger partial charge in [-0.2, -0.15) is 0 Å². The van der Waals surface area contributed by atoms with Crippen LogP contribution in [0.25, 0.3) is 0 Å². The molecule has 194 valence electrons. The number of thiocarbonyl (C=S) groups is 1. The molecule has 1 aliphatic rings. The zero-order valence-electron chi connectivity index (χ0n) is 22.3. The van der Waals surface area contributed by atoms with Crippen LogP contribution >= 0.6 is 24.0 Å². The highest BCUT2D eigenvalue weighted by atomic mass is 32.2. The Morgan fingerprint density at radius 1 is 0.703 bits per heavy atom. The monoisotopic (exact) mass is 530 g/mol. The van der Waals surface area contributed by atoms with Crippen molar-refractivity contribution in [2.24, 2.45) is 0 Å². The molecule has 0 aromatic heterocycles. The molecule has 4 rings (SSSR count). The van der Waals surface area contributed by atoms with Gasteiger partial charge in [-0.25, -0.2) is 0 Å². The molecule has 0 atom stereocenters. The lowest BCUT2D eigenvalue weighted by atomic mass is 9.79. The normalized spacial score (nSPS) is 12.3. The molecule has 0 saturated heterocycles. The summed E-state index contributed by atoms with van der Waals surface area (Å²) >= 11 is 7.95. The van der Waals surface area contributed by atoms with Crippen LogP contribution in [0.1, 0.15) is 91.9 Å². The number of anilines is 2. The number of fused-ring (bicyclic) bond motifs is 2. The second-order valence-electron chi connectivity index (χ2n) is 9.62. The molecule has 3 aromatic carbocycles. The van der Waals surface area contributed by atoms with E-state index in [1.807, 2.05) is 18.2 Å². The lowest BCUT2D eigenvalue weighted by Crippen LogP contribution is -2.26. The second-order valence-corrected chi connectivity index (χ2v) is 11.1. The number of unbranched alkanes of at least 4 members (excludes halogenated alkanes) is 3. The fourth-order valence-electron chi connectivity index (χ4n) is 4.81. The van der Waals surface area contributed by atoms with E-state index in [4.69, 9.17) is 12.2 Å². The highest BCUT2D eigenvalue weighted by Crippen LogP contribution is 2.43. The number of ketones is 1. The van der Waals surface area contributed by atoms with Gasteiger partial charge in [0, 0.05) is 50.9 Å². The second kappa shape index (κ2) is 13.3. The van der Waals surface area contributed by atoms with Crippen molar-refractivity contribution in [2.45, 2.75) is 75.5 Å². The van der Waals surface area contributed by atoms with Gasteiger partial charge in [-0.15, -0.1) is 0 Å². The zero-order valence-corrected chi connectivity index (χ0v) is 23.9. The fourth-order valence-corrected chi connectivity index (χ4v) is 6.28. The number of carbonyl (C=O) groups excluding carboxylic acids is 1. The average molecular weight is 531 g/mol. The SMILES string of the molecule is CCCCNc1ccc(CCCC)c2c1C(=S)c1c(Sc3ccccc3)ccc(NCCCC)c1C2=O. The molecule has 37 heavy (non-hydrogen) atoms. The summed E-state index contributed by atoms with van der Waals surface area (Å²) in [6.07, 6.45) is 7.35. The Hall–Kier alpha value is -2.63. The van der Waals surface area contributed by atoms with Crippen LogP contribution in [0.2, 0.25) is 0 Å². The fraction of sp³-hybridized carbons (Fsp3) is 0.375. The molecule has 0 bridgehead atoms. The van der Waals surface area contributed by atoms with Gasteiger partial charge < -0.3 is 10.6 Å². The summed E-state index contributed by atoms with van der Waals surface area (Å²) < 4.78 is 0. The largest absolute Gasteiger partial charge is 0.385 e. The standard InChI is InChI=1S/C32H38N2OS2/c1-4-7-13-22-16-17-25(34-21-9-6-3)29-27(22)31(35)28-24(33-20-8-5-2)18-19-26(30(28)32(29)36)37-23-14-11-10-12-15-23/h10-12,14-19,33-34H,4-9,13,20-21H2,1-3H3. The molecule has 0 radical (unpaired) electrons. The first-order valence-electron chi connectivity index (χ1n) is 13.7. The minimum Gasteiger partial charge on any atom is -0.385 e. The van der Waals surface area contributed by atoms with Crippen LogP contribution in [0.3, 0.4) is 0 Å². The first kappa shape index (κ1) is 27.4. The van der Waals surface area contributed by atoms with E-state index in [1.165, 1.54) is 0 Å². The van der Waals surface area contributed by atoms with Crippen LogP contribution in [-0.4, -0.2) is 23.7 Å². The van der Waals surface area contributed by atoms with Gasteiger partial charge in [-0.1, -0.05) is 88.3 Å². The van der Waals surface area contributed by atoms with Crippen LogP contribution in [0, 0.1) is 0 Å². The maximum absolute atomic E-state index is 14.4. The van der Waals surface area contributed by atoms with Gasteiger partial charge in [0.2, 0.25) is 0 Å². The maximum Gasteiger partial charge on any atom is 0.196 e. The topological polar surface area (TPSA) is 41.1 Å². The van der Waals surface area contributed by atoms with Crippen molar-refractivity contribution in [1.29, 1.82) is 0 Å². The van der Waals surface area contributed by atoms with Gasteiger partial charge in [0.05, 0.1) is 10.4 Å². The lowest BCUT2D eigenvalue weighted by molar-refractivity contribution is 0.103. The van der Waals surface area contributed by atoms with E-state index in [9.17, 15) is 4.79 Å². The van der Waals surface area contributed by atoms with Crippen LogP contribution in [0.4, 0.5) is 11.4 Å². The summed E-state index contributed by atoms with van der Waals surface area (Å²) in [4.78, 5) is 17.4. The molecular weight excluding hydrogens is 492 g/mol. The summed E-state index contributed by atoms with van der Waals surface area (Å²) in [6, 6.07) is 18.8. The Bertz CT molecular complexity index is 1250. The Morgan fingerprint density at radius 2 is 1.32 bits per heavy atom. The quantitative estimate of drug-likeness (QED) is 0.133. The van der Waals surface area contributed by atoms with E-state index < -0.39 is 0 Å². The van der Waals surface area contributed by atoms with Crippen molar-refractivity contribution in [3.8, 4) is 0 Å². The molecular formula is C32H38N2OS2. The number of hydrogen-bond donors (Lipinski definition) is 2. The Morgan fingerprint density at radius 3 is 1.97 bits per heavy atom. The summed E-state index contributed by atoms with van der Waals surface area (Å²) in [5.74, 6) is 0.0957. The third-order valence-electron chi connectivity index (χ3n) is 6.83. The maximum atomic E-state index is 14.4. The number of aryl methyl sites for hydroxylation is 1. The van der Waals surface area contributed by atoms with Crippen LogP contribution in [0.15, 0.2) is 64.4 Å². The van der Waals surface area contributed by atoms with Crippen LogP contribution < -0.4 is 10.6 Å². The Labute approximate surface area is 231 Å². The van der Waals surface area contributed by atoms with Crippen molar-refractivity contribution in [2.75, 3.05) is 23.7 Å². The lowest BCUT2D eigenvalue weighted by Gasteiger charge is -2.28. The highest BCUT2D eigenvalue weighted by molar-refractivity contribution is 7.99. The van der Waals surface area contributed by atoms with E-state index in [0.717, 1.165) is 112 Å². The van der Waals surface area contributed by atoms with E-state index in [2.05, 4.69) is 67.8 Å². The molecule has 2 N–H and O–H groups in total. The van der Waals surface area contributed by atoms with E-state index in [1.54, 1.807) is 11.8 Å². The van der Waals surface area contributed by atoms with Crippen molar-refractivity contribution in [3.63, 3.8) is 0 Å². The summed E-state index contributed by atoms with van der Waals surface area (Å²) in [7, 11) is 0. The third-order valence-corrected chi connectivity index (χ3v) is 8.31. The number of carbonyl (C=O) groups is 1. The van der Waals surface area contributed by atoms with E-state index in [0.29, 0.717) is 0 Å². The zero-order chi connectivity index (χ0) is 26.2. The first-order chi connectivity index (χ1) is 18.1.